The normalized spacial score (nSPS) is 10.8. The Balaban J connectivity index is 1.67. The lowest BCUT2D eigenvalue weighted by Crippen LogP contribution is -1.97. The lowest BCUT2D eigenvalue weighted by molar-refractivity contribution is -0.385. The molecule has 0 aliphatic heterocycles. The van der Waals surface area contributed by atoms with Crippen molar-refractivity contribution in [2.45, 2.75) is 6.92 Å². The summed E-state index contributed by atoms with van der Waals surface area (Å²) in [5, 5.41) is 15.3. The van der Waals surface area contributed by atoms with E-state index in [1.165, 1.54) is 12.3 Å². The fourth-order valence-electron chi connectivity index (χ4n) is 3.13. The summed E-state index contributed by atoms with van der Waals surface area (Å²) in [5.41, 5.74) is 3.99. The summed E-state index contributed by atoms with van der Waals surface area (Å²) < 4.78 is 7.12. The van der Waals surface area contributed by atoms with Gasteiger partial charge < -0.3 is 14.6 Å². The van der Waals surface area contributed by atoms with Gasteiger partial charge in [0.2, 0.25) is 0 Å². The molecule has 0 aliphatic rings. The quantitative estimate of drug-likeness (QED) is 0.393. The number of ether oxygens (including phenoxy) is 1. The summed E-state index contributed by atoms with van der Waals surface area (Å²) in [7, 11) is 1.64. The van der Waals surface area contributed by atoms with Crippen LogP contribution >= 0.6 is 0 Å². The number of benzene rings is 2. The largest absolute Gasteiger partial charge is 0.497 e. The molecule has 7 heteroatoms. The molecule has 1 N–H and O–H groups in total. The van der Waals surface area contributed by atoms with Crippen molar-refractivity contribution < 1.29 is 9.66 Å². The van der Waals surface area contributed by atoms with E-state index in [2.05, 4.69) is 16.4 Å². The molecule has 0 amide bonds. The molecule has 0 saturated carbocycles. The fourth-order valence-corrected chi connectivity index (χ4v) is 3.13. The molecule has 0 atom stereocenters. The molecule has 0 fully saturated rings. The van der Waals surface area contributed by atoms with Gasteiger partial charge in [0.05, 0.1) is 17.5 Å². The summed E-state index contributed by atoms with van der Waals surface area (Å²) in [5.74, 6) is 1.45. The van der Waals surface area contributed by atoms with Gasteiger partial charge in [0.1, 0.15) is 17.8 Å². The first-order valence-electron chi connectivity index (χ1n) is 8.69. The molecule has 2 aromatic heterocycles. The number of fused-ring (bicyclic) bond motifs is 1. The van der Waals surface area contributed by atoms with E-state index < -0.39 is 4.92 Å². The lowest BCUT2D eigenvalue weighted by atomic mass is 10.1. The molecule has 2 aromatic carbocycles. The number of hydrogen-bond donors (Lipinski definition) is 1. The van der Waals surface area contributed by atoms with Crippen LogP contribution < -0.4 is 10.1 Å². The zero-order valence-corrected chi connectivity index (χ0v) is 15.4. The predicted octanol–water partition coefficient (Wildman–Crippen LogP) is 4.99. The smallest absolute Gasteiger partial charge is 0.287 e. The SMILES string of the molecule is COc1ccc(Nc2ccc3c(c2)c(C)cn3-c2ccc([N+](=O)[O-])cn2)cc1. The summed E-state index contributed by atoms with van der Waals surface area (Å²) in [4.78, 5) is 14.6. The second-order valence-corrected chi connectivity index (χ2v) is 6.40. The number of nitro groups is 1. The number of hydrogen-bond acceptors (Lipinski definition) is 5. The van der Waals surface area contributed by atoms with Crippen LogP contribution in [0.2, 0.25) is 0 Å². The molecular weight excluding hydrogens is 356 g/mol. The van der Waals surface area contributed by atoms with E-state index in [1.54, 1.807) is 13.2 Å². The summed E-state index contributed by atoms with van der Waals surface area (Å²) in [6.45, 7) is 2.03. The van der Waals surface area contributed by atoms with Crippen LogP contribution in [0.1, 0.15) is 5.56 Å². The summed E-state index contributed by atoms with van der Waals surface area (Å²) >= 11 is 0. The van der Waals surface area contributed by atoms with Gasteiger partial charge in [-0.05, 0) is 61.0 Å². The van der Waals surface area contributed by atoms with Crippen LogP contribution in [0.3, 0.4) is 0 Å². The minimum absolute atomic E-state index is 0.0251. The number of anilines is 2. The third-order valence-corrected chi connectivity index (χ3v) is 4.57. The van der Waals surface area contributed by atoms with Gasteiger partial charge in [-0.15, -0.1) is 0 Å². The maximum absolute atomic E-state index is 10.8. The number of aryl methyl sites for hydroxylation is 1. The third kappa shape index (κ3) is 3.25. The van der Waals surface area contributed by atoms with Gasteiger partial charge in [0.15, 0.2) is 0 Å². The van der Waals surface area contributed by atoms with Crippen LogP contribution in [0, 0.1) is 17.0 Å². The van der Waals surface area contributed by atoms with Crippen molar-refractivity contribution in [1.82, 2.24) is 9.55 Å². The number of methoxy groups -OCH3 is 1. The zero-order valence-electron chi connectivity index (χ0n) is 15.4. The van der Waals surface area contributed by atoms with E-state index in [0.29, 0.717) is 5.82 Å². The third-order valence-electron chi connectivity index (χ3n) is 4.57. The van der Waals surface area contributed by atoms with Gasteiger partial charge in [-0.2, -0.15) is 0 Å². The van der Waals surface area contributed by atoms with Gasteiger partial charge in [-0.25, -0.2) is 4.98 Å². The van der Waals surface area contributed by atoms with Crippen molar-refractivity contribution >= 4 is 28.0 Å². The number of nitrogens with one attached hydrogen (secondary N) is 1. The topological polar surface area (TPSA) is 82.2 Å². The van der Waals surface area contributed by atoms with Crippen LogP contribution in [-0.2, 0) is 0 Å². The number of rotatable bonds is 5. The molecular formula is C21H18N4O3. The lowest BCUT2D eigenvalue weighted by Gasteiger charge is -2.09. The number of pyridine rings is 1. The average Bonchev–Trinajstić information content (AvgIpc) is 3.05. The molecule has 0 spiro atoms. The Morgan fingerprint density at radius 1 is 1.07 bits per heavy atom. The highest BCUT2D eigenvalue weighted by Crippen LogP contribution is 2.29. The maximum Gasteiger partial charge on any atom is 0.287 e. The Kier molecular flexibility index (Phi) is 4.41. The van der Waals surface area contributed by atoms with Crippen molar-refractivity contribution in [3.8, 4) is 11.6 Å². The van der Waals surface area contributed by atoms with Crippen molar-refractivity contribution in [2.75, 3.05) is 12.4 Å². The second kappa shape index (κ2) is 7.03. The Labute approximate surface area is 161 Å². The van der Waals surface area contributed by atoms with Gasteiger partial charge in [-0.1, -0.05) is 0 Å². The highest BCUT2D eigenvalue weighted by atomic mass is 16.6. The Bertz CT molecular complexity index is 1150. The molecule has 2 heterocycles. The molecule has 0 radical (unpaired) electrons. The summed E-state index contributed by atoms with van der Waals surface area (Å²) in [6.07, 6.45) is 3.26. The van der Waals surface area contributed by atoms with Gasteiger partial charge in [-0.3, -0.25) is 10.1 Å². The highest BCUT2D eigenvalue weighted by Gasteiger charge is 2.11. The van der Waals surface area contributed by atoms with Crippen LogP contribution in [0.5, 0.6) is 5.75 Å². The zero-order chi connectivity index (χ0) is 19.7. The molecule has 0 aliphatic carbocycles. The minimum atomic E-state index is -0.451. The van der Waals surface area contributed by atoms with Crippen molar-refractivity contribution in [1.29, 1.82) is 0 Å². The first-order valence-corrected chi connectivity index (χ1v) is 8.69. The molecule has 140 valence electrons. The molecule has 28 heavy (non-hydrogen) atoms. The van der Waals surface area contributed by atoms with E-state index in [0.717, 1.165) is 33.6 Å². The van der Waals surface area contributed by atoms with E-state index in [4.69, 9.17) is 4.74 Å². The van der Waals surface area contributed by atoms with Crippen LogP contribution in [0.4, 0.5) is 17.1 Å². The Morgan fingerprint density at radius 3 is 2.46 bits per heavy atom. The molecule has 4 aromatic rings. The van der Waals surface area contributed by atoms with Crippen LogP contribution in [0.25, 0.3) is 16.7 Å². The van der Waals surface area contributed by atoms with Gasteiger partial charge >= 0.3 is 0 Å². The summed E-state index contributed by atoms with van der Waals surface area (Å²) in [6, 6.07) is 16.9. The molecule has 7 nitrogen and oxygen atoms in total. The average molecular weight is 374 g/mol. The Hall–Kier alpha value is -3.87. The van der Waals surface area contributed by atoms with Crippen LogP contribution in [0.15, 0.2) is 67.0 Å². The van der Waals surface area contributed by atoms with Gasteiger partial charge in [0.25, 0.3) is 5.69 Å². The number of aromatic nitrogens is 2. The van der Waals surface area contributed by atoms with Crippen molar-refractivity contribution in [2.24, 2.45) is 0 Å². The fraction of sp³-hybridized carbons (Fsp3) is 0.0952. The van der Waals surface area contributed by atoms with E-state index >= 15 is 0 Å². The number of nitrogens with zero attached hydrogens (tertiary/aromatic N) is 3. The van der Waals surface area contributed by atoms with Crippen molar-refractivity contribution in [3.63, 3.8) is 0 Å². The molecule has 0 saturated heterocycles. The minimum Gasteiger partial charge on any atom is -0.497 e. The predicted molar refractivity (Wildman–Crippen MR) is 109 cm³/mol. The highest BCUT2D eigenvalue weighted by molar-refractivity contribution is 5.89. The molecule has 0 bridgehead atoms. The maximum atomic E-state index is 10.8. The van der Waals surface area contributed by atoms with E-state index in [1.807, 2.05) is 54.1 Å². The first-order chi connectivity index (χ1) is 13.5. The first kappa shape index (κ1) is 17.5. The van der Waals surface area contributed by atoms with E-state index in [9.17, 15) is 10.1 Å². The molecule has 0 unspecified atom stereocenters. The standard InChI is InChI=1S/C21H18N4O3/c1-14-13-24(21-10-6-17(12-22-21)25(26)27)20-9-5-16(11-19(14)20)23-15-3-7-18(28-2)8-4-15/h3-13,23H,1-2H3. The van der Waals surface area contributed by atoms with Crippen molar-refractivity contribution in [3.05, 3.63) is 82.7 Å². The van der Waals surface area contributed by atoms with Crippen LogP contribution in [-0.4, -0.2) is 21.6 Å². The second-order valence-electron chi connectivity index (χ2n) is 6.40. The Morgan fingerprint density at radius 2 is 1.82 bits per heavy atom. The van der Waals surface area contributed by atoms with E-state index in [-0.39, 0.29) is 5.69 Å². The monoisotopic (exact) mass is 374 g/mol. The molecule has 4 rings (SSSR count). The van der Waals surface area contributed by atoms with Gasteiger partial charge in [0, 0.05) is 29.0 Å².